The summed E-state index contributed by atoms with van der Waals surface area (Å²) in [6.45, 7) is 0.271. The van der Waals surface area contributed by atoms with Crippen LogP contribution >= 0.6 is 11.5 Å². The number of anilines is 1. The predicted octanol–water partition coefficient (Wildman–Crippen LogP) is 3.80. The van der Waals surface area contributed by atoms with E-state index in [4.69, 9.17) is 24.7 Å². The first kappa shape index (κ1) is 22.4. The van der Waals surface area contributed by atoms with Crippen LogP contribution in [0.2, 0.25) is 0 Å². The van der Waals surface area contributed by atoms with Gasteiger partial charge in [0.25, 0.3) is 0 Å². The Morgan fingerprint density at radius 1 is 0.968 bits per heavy atom. The summed E-state index contributed by atoms with van der Waals surface area (Å²) in [4.78, 5) is 13.0. The van der Waals surface area contributed by atoms with Gasteiger partial charge in [-0.25, -0.2) is 0 Å². The van der Waals surface area contributed by atoms with Crippen LogP contribution in [0.3, 0.4) is 0 Å². The lowest BCUT2D eigenvalue weighted by Crippen LogP contribution is -2.16. The molecule has 1 amide bonds. The van der Waals surface area contributed by atoms with Crippen molar-refractivity contribution in [3.8, 4) is 44.6 Å². The van der Waals surface area contributed by atoms with E-state index in [1.807, 2.05) is 30.3 Å². The highest BCUT2D eigenvalue weighted by Gasteiger charge is 2.19. The van der Waals surface area contributed by atoms with Crippen molar-refractivity contribution in [2.75, 3.05) is 40.3 Å². The number of nitrogens with zero attached hydrogens (tertiary/aromatic N) is 1. The highest BCUT2D eigenvalue weighted by molar-refractivity contribution is 7.10. The van der Waals surface area contributed by atoms with Crippen LogP contribution in [0.4, 0.5) is 5.69 Å². The molecule has 0 bridgehead atoms. The summed E-state index contributed by atoms with van der Waals surface area (Å²) < 4.78 is 26.2. The van der Waals surface area contributed by atoms with Gasteiger partial charge in [-0.05, 0) is 41.4 Å². The van der Waals surface area contributed by atoms with Crippen LogP contribution in [0.1, 0.15) is 6.42 Å². The first-order chi connectivity index (χ1) is 15.1. The number of nitrogens with one attached hydrogen (secondary N) is 1. The molecule has 0 spiro atoms. The fourth-order valence-corrected chi connectivity index (χ4v) is 3.94. The van der Waals surface area contributed by atoms with Gasteiger partial charge in [0.05, 0.1) is 39.0 Å². The molecular formula is C22H25N3O5S. The molecule has 3 N–H and O–H groups in total. The summed E-state index contributed by atoms with van der Waals surface area (Å²) in [5, 5.41) is 2.86. The molecule has 2 aromatic carbocycles. The summed E-state index contributed by atoms with van der Waals surface area (Å²) in [6.07, 6.45) is 2.01. The summed E-state index contributed by atoms with van der Waals surface area (Å²) in [6, 6.07) is 9.35. The van der Waals surface area contributed by atoms with Crippen molar-refractivity contribution in [3.05, 3.63) is 36.5 Å². The Hall–Kier alpha value is -3.30. The molecule has 8 nitrogen and oxygen atoms in total. The Bertz CT molecular complexity index is 1040. The Morgan fingerprint density at radius 2 is 1.65 bits per heavy atom. The van der Waals surface area contributed by atoms with E-state index >= 15 is 0 Å². The quantitative estimate of drug-likeness (QED) is 0.518. The molecule has 31 heavy (non-hydrogen) atoms. The van der Waals surface area contributed by atoms with E-state index in [0.29, 0.717) is 28.7 Å². The smallest absolute Gasteiger partial charge is 0.225 e. The Labute approximate surface area is 185 Å². The number of benzene rings is 2. The zero-order chi connectivity index (χ0) is 22.4. The van der Waals surface area contributed by atoms with E-state index in [0.717, 1.165) is 21.6 Å². The number of ether oxygens (including phenoxy) is 4. The second-order valence-corrected chi connectivity index (χ2v) is 7.29. The molecule has 0 aliphatic rings. The van der Waals surface area contributed by atoms with Gasteiger partial charge in [-0.1, -0.05) is 6.07 Å². The van der Waals surface area contributed by atoms with Gasteiger partial charge in [0.1, 0.15) is 5.75 Å². The third-order valence-electron chi connectivity index (χ3n) is 4.65. The molecule has 0 aliphatic heterocycles. The van der Waals surface area contributed by atoms with E-state index < -0.39 is 0 Å². The van der Waals surface area contributed by atoms with Crippen LogP contribution in [0.15, 0.2) is 36.5 Å². The minimum absolute atomic E-state index is 0.175. The van der Waals surface area contributed by atoms with Crippen molar-refractivity contribution < 1.29 is 23.7 Å². The van der Waals surface area contributed by atoms with Crippen LogP contribution < -0.4 is 30.0 Å². The highest BCUT2D eigenvalue weighted by atomic mass is 32.1. The fraction of sp³-hybridized carbons (Fsp3) is 0.273. The van der Waals surface area contributed by atoms with Gasteiger partial charge in [0.2, 0.25) is 11.7 Å². The number of rotatable bonds is 9. The van der Waals surface area contributed by atoms with Crippen molar-refractivity contribution in [2.24, 2.45) is 5.73 Å². The number of methoxy groups -OCH3 is 4. The van der Waals surface area contributed by atoms with E-state index in [1.165, 1.54) is 11.5 Å². The molecule has 0 unspecified atom stereocenters. The molecule has 164 valence electrons. The molecule has 0 aliphatic carbocycles. The molecule has 1 aromatic heterocycles. The van der Waals surface area contributed by atoms with Crippen LogP contribution in [0.5, 0.6) is 23.0 Å². The third-order valence-corrected chi connectivity index (χ3v) is 5.50. The molecule has 9 heteroatoms. The number of hydrogen-bond acceptors (Lipinski definition) is 8. The van der Waals surface area contributed by atoms with E-state index in [9.17, 15) is 4.79 Å². The second kappa shape index (κ2) is 10.1. The minimum atomic E-state index is -0.175. The molecule has 3 rings (SSSR count). The largest absolute Gasteiger partial charge is 0.495 e. The highest BCUT2D eigenvalue weighted by Crippen LogP contribution is 2.45. The number of aromatic nitrogens is 1. The average molecular weight is 444 g/mol. The van der Waals surface area contributed by atoms with Crippen molar-refractivity contribution >= 4 is 23.1 Å². The molecule has 1 heterocycles. The average Bonchev–Trinajstić information content (AvgIpc) is 3.28. The topological polar surface area (TPSA) is 105 Å². The van der Waals surface area contributed by atoms with Crippen LogP contribution in [0, 0.1) is 0 Å². The SMILES string of the molecule is COc1ccc(-c2cnsc2-c2cc(OC)c(OC)c(OC)c2)cc1NC(=O)CCN. The summed E-state index contributed by atoms with van der Waals surface area (Å²) >= 11 is 1.35. The van der Waals surface area contributed by atoms with Gasteiger partial charge in [-0.3, -0.25) is 4.79 Å². The first-order valence-electron chi connectivity index (χ1n) is 9.49. The number of carbonyl (C=O) groups excluding carboxylic acids is 1. The molecular weight excluding hydrogens is 418 g/mol. The number of hydrogen-bond donors (Lipinski definition) is 2. The van der Waals surface area contributed by atoms with Crippen molar-refractivity contribution in [1.82, 2.24) is 4.37 Å². The molecule has 0 saturated heterocycles. The monoisotopic (exact) mass is 443 g/mol. The van der Waals surface area contributed by atoms with Crippen molar-refractivity contribution in [3.63, 3.8) is 0 Å². The Balaban J connectivity index is 2.07. The maximum absolute atomic E-state index is 12.1. The van der Waals surface area contributed by atoms with Gasteiger partial charge < -0.3 is 30.0 Å². The van der Waals surface area contributed by atoms with Gasteiger partial charge in [-0.15, -0.1) is 0 Å². The minimum Gasteiger partial charge on any atom is -0.495 e. The third kappa shape index (κ3) is 4.73. The van der Waals surface area contributed by atoms with Crippen molar-refractivity contribution in [2.45, 2.75) is 6.42 Å². The molecule has 3 aromatic rings. The van der Waals surface area contributed by atoms with Gasteiger partial charge >= 0.3 is 0 Å². The normalized spacial score (nSPS) is 10.5. The molecule has 0 fully saturated rings. The van der Waals surface area contributed by atoms with Crippen LogP contribution in [0.25, 0.3) is 21.6 Å². The van der Waals surface area contributed by atoms with Gasteiger partial charge in [0.15, 0.2) is 11.5 Å². The lowest BCUT2D eigenvalue weighted by atomic mass is 10.0. The van der Waals surface area contributed by atoms with Crippen molar-refractivity contribution in [1.29, 1.82) is 0 Å². The summed E-state index contributed by atoms with van der Waals surface area (Å²) in [7, 11) is 6.28. The van der Waals surface area contributed by atoms with Crippen LogP contribution in [-0.2, 0) is 4.79 Å². The predicted molar refractivity (Wildman–Crippen MR) is 121 cm³/mol. The van der Waals surface area contributed by atoms with E-state index in [-0.39, 0.29) is 18.9 Å². The maximum atomic E-state index is 12.1. The zero-order valence-corrected chi connectivity index (χ0v) is 18.7. The zero-order valence-electron chi connectivity index (χ0n) is 17.9. The van der Waals surface area contributed by atoms with Gasteiger partial charge in [-0.2, -0.15) is 4.37 Å². The molecule has 0 saturated carbocycles. The summed E-state index contributed by atoms with van der Waals surface area (Å²) in [5.74, 6) is 2.02. The number of amides is 1. The first-order valence-corrected chi connectivity index (χ1v) is 10.3. The fourth-order valence-electron chi connectivity index (χ4n) is 3.18. The van der Waals surface area contributed by atoms with Gasteiger partial charge in [0, 0.05) is 30.3 Å². The van der Waals surface area contributed by atoms with Crippen LogP contribution in [-0.4, -0.2) is 45.3 Å². The van der Waals surface area contributed by atoms with E-state index in [2.05, 4.69) is 9.69 Å². The molecule has 0 radical (unpaired) electrons. The standard InChI is InChI=1S/C22H25N3O5S/c1-27-17-6-5-13(9-16(17)25-20(26)7-8-23)15-12-24-31-22(15)14-10-18(28-2)21(30-4)19(11-14)29-3/h5-6,9-12H,7-8,23H2,1-4H3,(H,25,26). The summed E-state index contributed by atoms with van der Waals surface area (Å²) in [5.41, 5.74) is 8.70. The lowest BCUT2D eigenvalue weighted by molar-refractivity contribution is -0.116. The number of nitrogens with two attached hydrogens (primary N) is 1. The Kier molecular flexibility index (Phi) is 7.32. The molecule has 0 atom stereocenters. The lowest BCUT2D eigenvalue weighted by Gasteiger charge is -2.15. The second-order valence-electron chi connectivity index (χ2n) is 6.48. The maximum Gasteiger partial charge on any atom is 0.225 e. The number of carbonyl (C=O) groups is 1. The Morgan fingerprint density at radius 3 is 2.23 bits per heavy atom. The van der Waals surface area contributed by atoms with E-state index in [1.54, 1.807) is 34.6 Å².